The van der Waals surface area contributed by atoms with E-state index in [4.69, 9.17) is 20.8 Å². The van der Waals surface area contributed by atoms with Crippen molar-refractivity contribution in [1.29, 1.82) is 0 Å². The molecule has 29 heavy (non-hydrogen) atoms. The van der Waals surface area contributed by atoms with Crippen LogP contribution in [0.3, 0.4) is 0 Å². The van der Waals surface area contributed by atoms with Crippen molar-refractivity contribution < 1.29 is 18.7 Å². The summed E-state index contributed by atoms with van der Waals surface area (Å²) < 4.78 is 11.1. The molecule has 0 saturated carbocycles. The number of benzene rings is 1. The minimum Gasteiger partial charge on any atom is -0.467 e. The van der Waals surface area contributed by atoms with Crippen molar-refractivity contribution in [2.24, 2.45) is 0 Å². The van der Waals surface area contributed by atoms with Crippen LogP contribution in [-0.2, 0) is 16.1 Å². The van der Waals surface area contributed by atoms with Crippen LogP contribution < -0.4 is 0 Å². The molecule has 2 heterocycles. The molecule has 1 aromatic heterocycles. The van der Waals surface area contributed by atoms with Crippen molar-refractivity contribution in [3.05, 3.63) is 59.0 Å². The molecule has 7 heteroatoms. The first kappa shape index (κ1) is 21.4. The number of hydrogen-bond donors (Lipinski definition) is 0. The van der Waals surface area contributed by atoms with Crippen LogP contribution >= 0.6 is 11.6 Å². The fraction of sp³-hybridized carbons (Fsp3) is 0.455. The van der Waals surface area contributed by atoms with E-state index in [1.165, 1.54) is 0 Å². The summed E-state index contributed by atoms with van der Waals surface area (Å²) in [6.45, 7) is 5.36. The van der Waals surface area contributed by atoms with Crippen LogP contribution in [0.1, 0.15) is 42.8 Å². The van der Waals surface area contributed by atoms with Gasteiger partial charge in [0, 0.05) is 29.8 Å². The molecule has 1 fully saturated rings. The summed E-state index contributed by atoms with van der Waals surface area (Å²) in [6, 6.07) is 10.2. The maximum atomic E-state index is 13.2. The number of amides is 2. The molecule has 0 radical (unpaired) electrons. The summed E-state index contributed by atoms with van der Waals surface area (Å²) in [6.07, 6.45) is 3.54. The van der Waals surface area contributed by atoms with Crippen molar-refractivity contribution >= 4 is 23.4 Å². The van der Waals surface area contributed by atoms with Gasteiger partial charge in [-0.15, -0.1) is 0 Å². The van der Waals surface area contributed by atoms with Gasteiger partial charge in [-0.1, -0.05) is 11.6 Å². The molecule has 2 aromatic rings. The van der Waals surface area contributed by atoms with Crippen LogP contribution in [-0.4, -0.2) is 53.5 Å². The van der Waals surface area contributed by atoms with Crippen LogP contribution in [0.5, 0.6) is 0 Å². The molecular weight excluding hydrogens is 392 g/mol. The van der Waals surface area contributed by atoms with E-state index in [9.17, 15) is 9.59 Å². The average Bonchev–Trinajstić information content (AvgIpc) is 3.39. The molecule has 1 aliphatic heterocycles. The van der Waals surface area contributed by atoms with Gasteiger partial charge in [-0.3, -0.25) is 9.59 Å². The quantitative estimate of drug-likeness (QED) is 0.650. The predicted molar refractivity (Wildman–Crippen MR) is 111 cm³/mol. The maximum absolute atomic E-state index is 13.2. The van der Waals surface area contributed by atoms with Crippen molar-refractivity contribution in [2.45, 2.75) is 45.4 Å². The van der Waals surface area contributed by atoms with Gasteiger partial charge in [-0.2, -0.15) is 0 Å². The van der Waals surface area contributed by atoms with Gasteiger partial charge in [-0.05, 0) is 63.1 Å². The first-order valence-electron chi connectivity index (χ1n) is 9.92. The largest absolute Gasteiger partial charge is 0.467 e. The number of ether oxygens (including phenoxy) is 1. The third kappa shape index (κ3) is 5.84. The highest BCUT2D eigenvalue weighted by atomic mass is 35.5. The van der Waals surface area contributed by atoms with Crippen LogP contribution in [0.25, 0.3) is 0 Å². The van der Waals surface area contributed by atoms with E-state index in [1.807, 2.05) is 19.9 Å². The molecule has 3 rings (SSSR count). The first-order chi connectivity index (χ1) is 13.9. The fourth-order valence-corrected chi connectivity index (χ4v) is 3.50. The Balaban J connectivity index is 1.73. The number of nitrogens with zero attached hydrogens (tertiary/aromatic N) is 2. The normalized spacial score (nSPS) is 16.2. The van der Waals surface area contributed by atoms with Crippen LogP contribution in [0.15, 0.2) is 47.1 Å². The summed E-state index contributed by atoms with van der Waals surface area (Å²) >= 11 is 5.93. The van der Waals surface area contributed by atoms with Gasteiger partial charge in [0.1, 0.15) is 12.3 Å². The molecule has 1 unspecified atom stereocenters. The van der Waals surface area contributed by atoms with Crippen LogP contribution in [0, 0.1) is 0 Å². The molecule has 1 atom stereocenters. The number of rotatable bonds is 8. The van der Waals surface area contributed by atoms with Gasteiger partial charge in [0.05, 0.1) is 18.9 Å². The molecule has 1 aromatic carbocycles. The van der Waals surface area contributed by atoms with Crippen molar-refractivity contribution in [3.63, 3.8) is 0 Å². The Morgan fingerprint density at radius 3 is 2.55 bits per heavy atom. The molecule has 6 nitrogen and oxygen atoms in total. The Kier molecular flexibility index (Phi) is 7.34. The number of halogens is 1. The second-order valence-electron chi connectivity index (χ2n) is 7.52. The lowest BCUT2D eigenvalue weighted by atomic mass is 10.1. The fourth-order valence-electron chi connectivity index (χ4n) is 3.37. The second-order valence-corrected chi connectivity index (χ2v) is 7.96. The van der Waals surface area contributed by atoms with Gasteiger partial charge < -0.3 is 19.0 Å². The lowest BCUT2D eigenvalue weighted by Crippen LogP contribution is -2.47. The Bertz CT molecular complexity index is 799. The maximum Gasteiger partial charge on any atom is 0.254 e. The van der Waals surface area contributed by atoms with E-state index in [1.54, 1.807) is 46.4 Å². The Morgan fingerprint density at radius 1 is 1.21 bits per heavy atom. The molecule has 0 bridgehead atoms. The zero-order valence-electron chi connectivity index (χ0n) is 16.8. The van der Waals surface area contributed by atoms with Gasteiger partial charge in [0.25, 0.3) is 5.91 Å². The van der Waals surface area contributed by atoms with Crippen LogP contribution in [0.4, 0.5) is 0 Å². The molecule has 156 valence electrons. The molecule has 0 N–H and O–H groups in total. The molecule has 1 aliphatic rings. The molecule has 0 spiro atoms. The number of hydrogen-bond acceptors (Lipinski definition) is 4. The minimum absolute atomic E-state index is 0.00739. The zero-order chi connectivity index (χ0) is 20.8. The zero-order valence-corrected chi connectivity index (χ0v) is 17.6. The highest BCUT2D eigenvalue weighted by Crippen LogP contribution is 2.17. The van der Waals surface area contributed by atoms with E-state index in [2.05, 4.69) is 0 Å². The smallest absolute Gasteiger partial charge is 0.254 e. The van der Waals surface area contributed by atoms with Crippen molar-refractivity contribution in [3.8, 4) is 0 Å². The average molecular weight is 419 g/mol. The summed E-state index contributed by atoms with van der Waals surface area (Å²) in [5, 5.41) is 0.565. The Labute approximate surface area is 176 Å². The summed E-state index contributed by atoms with van der Waals surface area (Å²) in [5.74, 6) is 0.379. The molecular formula is C22H27ClN2O4. The molecule has 2 amide bonds. The number of carbonyl (C=O) groups excluding carboxylic acids is 2. The van der Waals surface area contributed by atoms with E-state index in [0.29, 0.717) is 29.4 Å². The van der Waals surface area contributed by atoms with E-state index in [0.717, 1.165) is 19.4 Å². The van der Waals surface area contributed by atoms with Gasteiger partial charge in [0.15, 0.2) is 0 Å². The monoisotopic (exact) mass is 418 g/mol. The summed E-state index contributed by atoms with van der Waals surface area (Å²) in [4.78, 5) is 29.5. The Hall–Kier alpha value is -2.31. The number of furan rings is 1. The van der Waals surface area contributed by atoms with Gasteiger partial charge in [0.2, 0.25) is 5.91 Å². The topological polar surface area (TPSA) is 63.0 Å². The van der Waals surface area contributed by atoms with Crippen LogP contribution in [0.2, 0.25) is 5.02 Å². The minimum atomic E-state index is -0.194. The molecule has 0 aliphatic carbocycles. The predicted octanol–water partition coefficient (Wildman–Crippen LogP) is 3.99. The standard InChI is InChI=1S/C22H27ClN2O4/c1-16(2)25(22(27)17-7-9-18(23)10-8-17)15-21(26)24(13-19-5-3-11-28-19)14-20-6-4-12-29-20/h3,5,7-11,16,20H,4,6,12-15H2,1-2H3. The van der Waals surface area contributed by atoms with Gasteiger partial charge >= 0.3 is 0 Å². The second kappa shape index (κ2) is 9.94. The highest BCUT2D eigenvalue weighted by Gasteiger charge is 2.27. The summed E-state index contributed by atoms with van der Waals surface area (Å²) in [5.41, 5.74) is 0.507. The number of carbonyl (C=O) groups is 2. The molecule has 1 saturated heterocycles. The van der Waals surface area contributed by atoms with Crippen molar-refractivity contribution in [2.75, 3.05) is 19.7 Å². The van der Waals surface area contributed by atoms with Gasteiger partial charge in [-0.25, -0.2) is 0 Å². The van der Waals surface area contributed by atoms with Crippen molar-refractivity contribution in [1.82, 2.24) is 9.80 Å². The lowest BCUT2D eigenvalue weighted by molar-refractivity contribution is -0.134. The first-order valence-corrected chi connectivity index (χ1v) is 10.3. The Morgan fingerprint density at radius 2 is 1.97 bits per heavy atom. The SMILES string of the molecule is CC(C)N(CC(=O)N(Cc1ccco1)CC1CCCO1)C(=O)c1ccc(Cl)cc1. The highest BCUT2D eigenvalue weighted by molar-refractivity contribution is 6.30. The third-order valence-corrected chi connectivity index (χ3v) is 5.26. The third-order valence-electron chi connectivity index (χ3n) is 5.01. The lowest BCUT2D eigenvalue weighted by Gasteiger charge is -2.31. The van der Waals surface area contributed by atoms with E-state index in [-0.39, 0.29) is 30.5 Å². The van der Waals surface area contributed by atoms with E-state index >= 15 is 0 Å². The summed E-state index contributed by atoms with van der Waals surface area (Å²) in [7, 11) is 0. The van der Waals surface area contributed by atoms with E-state index < -0.39 is 0 Å².